The lowest BCUT2D eigenvalue weighted by molar-refractivity contribution is -0.141. The van der Waals surface area contributed by atoms with Gasteiger partial charge in [0, 0.05) is 29.3 Å². The van der Waals surface area contributed by atoms with Gasteiger partial charge in [-0.1, -0.05) is 23.7 Å². The summed E-state index contributed by atoms with van der Waals surface area (Å²) < 4.78 is 54.0. The van der Waals surface area contributed by atoms with E-state index in [9.17, 15) is 17.6 Å². The van der Waals surface area contributed by atoms with Crippen LogP contribution in [0.2, 0.25) is 5.02 Å². The molecule has 33 heavy (non-hydrogen) atoms. The molecule has 0 radical (unpaired) electrons. The normalized spacial score (nSPS) is 16.0. The number of fused-ring (bicyclic) bond motifs is 3. The van der Waals surface area contributed by atoms with Gasteiger partial charge in [0.15, 0.2) is 0 Å². The summed E-state index contributed by atoms with van der Waals surface area (Å²) in [5.74, 6) is -0.650. The number of rotatable bonds is 2. The molecule has 10 heteroatoms. The molecule has 1 unspecified atom stereocenters. The van der Waals surface area contributed by atoms with Crippen molar-refractivity contribution in [3.05, 3.63) is 87.6 Å². The van der Waals surface area contributed by atoms with Crippen molar-refractivity contribution in [2.45, 2.75) is 18.6 Å². The zero-order valence-corrected chi connectivity index (χ0v) is 17.5. The number of aromatic amines is 1. The average Bonchev–Trinajstić information content (AvgIpc) is 3.15. The zero-order chi connectivity index (χ0) is 23.3. The van der Waals surface area contributed by atoms with Crippen molar-refractivity contribution in [1.29, 1.82) is 5.26 Å². The lowest BCUT2D eigenvalue weighted by Gasteiger charge is -2.36. The van der Waals surface area contributed by atoms with Crippen molar-refractivity contribution in [3.63, 3.8) is 0 Å². The van der Waals surface area contributed by atoms with Crippen LogP contribution >= 0.6 is 11.6 Å². The van der Waals surface area contributed by atoms with Crippen LogP contribution in [0.3, 0.4) is 0 Å². The van der Waals surface area contributed by atoms with E-state index in [2.05, 4.69) is 15.0 Å². The standard InChI is InChI=1S/C23H14ClF4N5/c24-16-9-15-14-6-8-33(22-30-7-5-19(32-22)23(26,27)28)21(13-3-1-12(11-29)2-4-13)20(14)31-18(15)10-17(16)25/h1-5,7,9-10,21,31H,6,8H2. The Bertz CT molecular complexity index is 1410. The summed E-state index contributed by atoms with van der Waals surface area (Å²) in [7, 11) is 0. The molecule has 5 rings (SSSR count). The summed E-state index contributed by atoms with van der Waals surface area (Å²) in [6.07, 6.45) is -3.07. The minimum Gasteiger partial charge on any atom is -0.356 e. The molecule has 1 aliphatic rings. The third-order valence-corrected chi connectivity index (χ3v) is 6.00. The molecule has 1 N–H and O–H groups in total. The number of anilines is 1. The van der Waals surface area contributed by atoms with Gasteiger partial charge in [0.2, 0.25) is 5.95 Å². The van der Waals surface area contributed by atoms with E-state index in [1.807, 2.05) is 6.07 Å². The Morgan fingerprint density at radius 3 is 2.61 bits per heavy atom. The van der Waals surface area contributed by atoms with E-state index in [-0.39, 0.29) is 11.0 Å². The third-order valence-electron chi connectivity index (χ3n) is 5.71. The zero-order valence-electron chi connectivity index (χ0n) is 16.8. The number of benzene rings is 2. The topological polar surface area (TPSA) is 68.6 Å². The van der Waals surface area contributed by atoms with Gasteiger partial charge >= 0.3 is 6.18 Å². The van der Waals surface area contributed by atoms with Gasteiger partial charge < -0.3 is 9.88 Å². The highest BCUT2D eigenvalue weighted by atomic mass is 35.5. The number of nitrogens with one attached hydrogen (secondary N) is 1. The predicted molar refractivity (Wildman–Crippen MR) is 114 cm³/mol. The van der Waals surface area contributed by atoms with Crippen molar-refractivity contribution in [2.24, 2.45) is 0 Å². The quantitative estimate of drug-likeness (QED) is 0.375. The van der Waals surface area contributed by atoms with E-state index in [1.54, 1.807) is 35.2 Å². The van der Waals surface area contributed by atoms with E-state index < -0.39 is 23.7 Å². The van der Waals surface area contributed by atoms with Crippen molar-refractivity contribution < 1.29 is 17.6 Å². The number of hydrogen-bond acceptors (Lipinski definition) is 4. The van der Waals surface area contributed by atoms with Gasteiger partial charge in [-0.2, -0.15) is 18.4 Å². The molecular weight excluding hydrogens is 458 g/mol. The van der Waals surface area contributed by atoms with E-state index in [0.29, 0.717) is 35.3 Å². The first-order valence-electron chi connectivity index (χ1n) is 9.92. The molecule has 0 amide bonds. The van der Waals surface area contributed by atoms with Gasteiger partial charge in [-0.3, -0.25) is 0 Å². The highest BCUT2D eigenvalue weighted by Crippen LogP contribution is 2.41. The van der Waals surface area contributed by atoms with Crippen LogP contribution in [0.25, 0.3) is 10.9 Å². The Labute approximate surface area is 190 Å². The summed E-state index contributed by atoms with van der Waals surface area (Å²) >= 11 is 6.00. The first-order chi connectivity index (χ1) is 15.8. The number of H-pyrrole nitrogens is 1. The van der Waals surface area contributed by atoms with Gasteiger partial charge in [0.25, 0.3) is 0 Å². The van der Waals surface area contributed by atoms with E-state index in [1.165, 1.54) is 6.07 Å². The number of nitriles is 1. The van der Waals surface area contributed by atoms with Gasteiger partial charge in [-0.15, -0.1) is 0 Å². The number of hydrogen-bond donors (Lipinski definition) is 1. The van der Waals surface area contributed by atoms with E-state index >= 15 is 0 Å². The number of alkyl halides is 3. The van der Waals surface area contributed by atoms with Crippen LogP contribution < -0.4 is 4.90 Å². The molecule has 0 fully saturated rings. The van der Waals surface area contributed by atoms with Crippen LogP contribution in [0.5, 0.6) is 0 Å². The summed E-state index contributed by atoms with van der Waals surface area (Å²) in [4.78, 5) is 12.8. The highest BCUT2D eigenvalue weighted by Gasteiger charge is 2.37. The Balaban J connectivity index is 1.70. The molecule has 2 aromatic heterocycles. The predicted octanol–water partition coefficient (Wildman–Crippen LogP) is 5.79. The second kappa shape index (κ2) is 7.74. The van der Waals surface area contributed by atoms with E-state index in [0.717, 1.165) is 23.2 Å². The molecule has 1 atom stereocenters. The largest absolute Gasteiger partial charge is 0.433 e. The fourth-order valence-corrected chi connectivity index (χ4v) is 4.40. The van der Waals surface area contributed by atoms with Gasteiger partial charge in [0.05, 0.1) is 22.7 Å². The van der Waals surface area contributed by atoms with Gasteiger partial charge in [-0.25, -0.2) is 14.4 Å². The SMILES string of the molecule is N#Cc1ccc(C2c3[nH]c4cc(F)c(Cl)cc4c3CCN2c2nccc(C(F)(F)F)n2)cc1. The molecule has 5 nitrogen and oxygen atoms in total. The second-order valence-corrected chi connectivity index (χ2v) is 8.06. The third kappa shape index (κ3) is 3.66. The Morgan fingerprint density at radius 1 is 1.15 bits per heavy atom. The monoisotopic (exact) mass is 471 g/mol. The van der Waals surface area contributed by atoms with Gasteiger partial charge in [0.1, 0.15) is 11.5 Å². The first-order valence-corrected chi connectivity index (χ1v) is 10.3. The van der Waals surface area contributed by atoms with Gasteiger partial charge in [-0.05, 0) is 47.9 Å². The average molecular weight is 472 g/mol. The molecule has 0 saturated heterocycles. The van der Waals surface area contributed by atoms with Crippen molar-refractivity contribution in [3.8, 4) is 6.07 Å². The maximum Gasteiger partial charge on any atom is 0.433 e. The first kappa shape index (κ1) is 21.2. The van der Waals surface area contributed by atoms with Crippen LogP contribution in [0.15, 0.2) is 48.7 Å². The van der Waals surface area contributed by atoms with Crippen molar-refractivity contribution >= 4 is 28.5 Å². The smallest absolute Gasteiger partial charge is 0.356 e. The molecular formula is C23H14ClF4N5. The molecule has 0 bridgehead atoms. The number of halogens is 5. The van der Waals surface area contributed by atoms with Crippen molar-refractivity contribution in [1.82, 2.24) is 15.0 Å². The minimum absolute atomic E-state index is 0.0112. The molecule has 0 aliphatic carbocycles. The summed E-state index contributed by atoms with van der Waals surface area (Å²) in [6, 6.07) is 11.9. The lowest BCUT2D eigenvalue weighted by atomic mass is 9.92. The van der Waals surface area contributed by atoms with E-state index in [4.69, 9.17) is 16.9 Å². The van der Waals surface area contributed by atoms with Crippen LogP contribution in [0, 0.1) is 17.1 Å². The molecule has 2 aromatic carbocycles. The highest BCUT2D eigenvalue weighted by molar-refractivity contribution is 6.31. The number of aromatic nitrogens is 3. The second-order valence-electron chi connectivity index (χ2n) is 7.65. The lowest BCUT2D eigenvalue weighted by Crippen LogP contribution is -2.37. The van der Waals surface area contributed by atoms with Crippen LogP contribution in [0.1, 0.15) is 34.1 Å². The maximum absolute atomic E-state index is 14.1. The Morgan fingerprint density at radius 2 is 1.91 bits per heavy atom. The summed E-state index contributed by atoms with van der Waals surface area (Å²) in [5, 5.41) is 9.88. The van der Waals surface area contributed by atoms with Crippen LogP contribution in [0.4, 0.5) is 23.5 Å². The fourth-order valence-electron chi connectivity index (χ4n) is 4.23. The summed E-state index contributed by atoms with van der Waals surface area (Å²) in [5.41, 5.74) is 2.24. The molecule has 4 aromatic rings. The summed E-state index contributed by atoms with van der Waals surface area (Å²) in [6.45, 7) is 0.320. The minimum atomic E-state index is -4.61. The van der Waals surface area contributed by atoms with Crippen molar-refractivity contribution in [2.75, 3.05) is 11.4 Å². The Hall–Kier alpha value is -3.64. The number of nitrogens with zero attached hydrogens (tertiary/aromatic N) is 4. The van der Waals surface area contributed by atoms with Crippen LogP contribution in [-0.2, 0) is 12.6 Å². The molecule has 1 aliphatic heterocycles. The maximum atomic E-state index is 14.1. The molecule has 3 heterocycles. The fraction of sp³-hybridized carbons (Fsp3) is 0.174. The molecule has 0 saturated carbocycles. The molecule has 0 spiro atoms. The van der Waals surface area contributed by atoms with Crippen LogP contribution in [-0.4, -0.2) is 21.5 Å². The Kier molecular flexibility index (Phi) is 4.98. The molecule has 166 valence electrons.